The van der Waals surface area contributed by atoms with Gasteiger partial charge in [-0.15, -0.1) is 11.3 Å². The predicted octanol–water partition coefficient (Wildman–Crippen LogP) is 3.39. The minimum atomic E-state index is 0.702. The van der Waals surface area contributed by atoms with Crippen molar-refractivity contribution in [3.63, 3.8) is 0 Å². The number of nitrogens with two attached hydrogens (primary N) is 1. The molecule has 0 atom stereocenters. The van der Waals surface area contributed by atoms with Crippen molar-refractivity contribution in [2.75, 3.05) is 12.8 Å². The fourth-order valence-electron chi connectivity index (χ4n) is 1.55. The first kappa shape index (κ1) is 9.80. The van der Waals surface area contributed by atoms with E-state index in [-0.39, 0.29) is 0 Å². The Hall–Kier alpha value is -0.740. The first-order chi connectivity index (χ1) is 6.77. The summed E-state index contributed by atoms with van der Waals surface area (Å²) >= 11 is 5.17. The van der Waals surface area contributed by atoms with Crippen molar-refractivity contribution in [2.24, 2.45) is 0 Å². The molecule has 0 amide bonds. The number of nitrogen functional groups attached to an aromatic ring is 1. The van der Waals surface area contributed by atoms with Gasteiger partial charge in [0, 0.05) is 15.6 Å². The van der Waals surface area contributed by atoms with Crippen molar-refractivity contribution in [3.8, 4) is 5.75 Å². The lowest BCUT2D eigenvalue weighted by Gasteiger charge is -2.10. The summed E-state index contributed by atoms with van der Waals surface area (Å²) < 4.78 is 6.54. The molecule has 2 N–H and O–H groups in total. The Morgan fingerprint density at radius 1 is 1.57 bits per heavy atom. The minimum absolute atomic E-state index is 0.702. The molecule has 2 rings (SSSR count). The molecule has 0 aliphatic carbocycles. The summed E-state index contributed by atoms with van der Waals surface area (Å²) in [5, 5.41) is 4.01. The second kappa shape index (κ2) is 3.79. The lowest BCUT2D eigenvalue weighted by atomic mass is 10.1. The number of ether oxygens (including phenoxy) is 1. The van der Waals surface area contributed by atoms with Crippen molar-refractivity contribution in [1.29, 1.82) is 0 Å². The Bertz CT molecular complexity index is 466. The zero-order chi connectivity index (χ0) is 10.1. The van der Waals surface area contributed by atoms with Gasteiger partial charge in [-0.2, -0.15) is 0 Å². The van der Waals surface area contributed by atoms with Gasteiger partial charge in [0.15, 0.2) is 0 Å². The molecule has 0 saturated heterocycles. The molecule has 2 aromatic rings. The summed E-state index contributed by atoms with van der Waals surface area (Å²) in [6.07, 6.45) is 0. The van der Waals surface area contributed by atoms with Crippen molar-refractivity contribution < 1.29 is 4.74 Å². The molecular formula is C10H10BrNOS. The molecule has 0 saturated carbocycles. The van der Waals surface area contributed by atoms with Crippen molar-refractivity contribution in [2.45, 2.75) is 5.33 Å². The molecule has 74 valence electrons. The lowest BCUT2D eigenvalue weighted by Crippen LogP contribution is -1.96. The van der Waals surface area contributed by atoms with Crippen LogP contribution in [0.2, 0.25) is 0 Å². The Labute approximate surface area is 94.8 Å². The van der Waals surface area contributed by atoms with Gasteiger partial charge in [0.25, 0.3) is 0 Å². The van der Waals surface area contributed by atoms with Crippen LogP contribution in [0.4, 0.5) is 5.69 Å². The van der Waals surface area contributed by atoms with Gasteiger partial charge >= 0.3 is 0 Å². The van der Waals surface area contributed by atoms with Crippen LogP contribution in [0.25, 0.3) is 10.1 Å². The number of hydrogen-bond acceptors (Lipinski definition) is 3. The number of anilines is 1. The highest BCUT2D eigenvalue weighted by atomic mass is 79.9. The molecule has 0 radical (unpaired) electrons. The summed E-state index contributed by atoms with van der Waals surface area (Å²) in [5.74, 6) is 0.789. The highest BCUT2D eigenvalue weighted by Crippen LogP contribution is 2.37. The van der Waals surface area contributed by atoms with Gasteiger partial charge in [-0.05, 0) is 22.9 Å². The van der Waals surface area contributed by atoms with Crippen LogP contribution in [0, 0.1) is 0 Å². The summed E-state index contributed by atoms with van der Waals surface area (Å²) in [6, 6.07) is 4.03. The molecule has 0 fully saturated rings. The molecule has 0 bridgehead atoms. The highest BCUT2D eigenvalue weighted by Gasteiger charge is 2.11. The first-order valence-electron chi connectivity index (χ1n) is 4.16. The van der Waals surface area contributed by atoms with E-state index in [0.717, 1.165) is 16.6 Å². The number of hydrogen-bond donors (Lipinski definition) is 1. The van der Waals surface area contributed by atoms with Crippen LogP contribution in [0.15, 0.2) is 17.5 Å². The van der Waals surface area contributed by atoms with Crippen molar-refractivity contribution in [3.05, 3.63) is 23.1 Å². The van der Waals surface area contributed by atoms with Crippen molar-refractivity contribution in [1.82, 2.24) is 0 Å². The van der Waals surface area contributed by atoms with E-state index in [2.05, 4.69) is 27.4 Å². The third kappa shape index (κ3) is 1.38. The highest BCUT2D eigenvalue weighted by molar-refractivity contribution is 9.08. The number of alkyl halides is 1. The summed E-state index contributed by atoms with van der Waals surface area (Å²) in [4.78, 5) is 0. The standard InChI is InChI=1S/C10H10BrNOS/c1-13-9-7(5-11)10-6(2-3-14-10)4-8(9)12/h2-4H,5,12H2,1H3. The minimum Gasteiger partial charge on any atom is -0.494 e. The fourth-order valence-corrected chi connectivity index (χ4v) is 3.19. The van der Waals surface area contributed by atoms with Gasteiger partial charge in [0.1, 0.15) is 5.75 Å². The monoisotopic (exact) mass is 271 g/mol. The molecular weight excluding hydrogens is 262 g/mol. The number of methoxy groups -OCH3 is 1. The second-order valence-corrected chi connectivity index (χ2v) is 4.43. The smallest absolute Gasteiger partial charge is 0.147 e. The average Bonchev–Trinajstić information content (AvgIpc) is 2.62. The van der Waals surface area contributed by atoms with Crippen LogP contribution in [0.3, 0.4) is 0 Å². The van der Waals surface area contributed by atoms with E-state index in [1.165, 1.54) is 10.1 Å². The van der Waals surface area contributed by atoms with Gasteiger partial charge in [0.05, 0.1) is 12.8 Å². The second-order valence-electron chi connectivity index (χ2n) is 2.95. The third-order valence-corrected chi connectivity index (χ3v) is 3.71. The maximum atomic E-state index is 5.89. The van der Waals surface area contributed by atoms with E-state index < -0.39 is 0 Å². The lowest BCUT2D eigenvalue weighted by molar-refractivity contribution is 0.414. The van der Waals surface area contributed by atoms with E-state index in [0.29, 0.717) is 5.69 Å². The topological polar surface area (TPSA) is 35.2 Å². The van der Waals surface area contributed by atoms with Gasteiger partial charge < -0.3 is 10.5 Å². The summed E-state index contributed by atoms with van der Waals surface area (Å²) in [5.41, 5.74) is 7.73. The van der Waals surface area contributed by atoms with E-state index >= 15 is 0 Å². The van der Waals surface area contributed by atoms with Crippen LogP contribution in [-0.2, 0) is 5.33 Å². The van der Waals surface area contributed by atoms with Crippen molar-refractivity contribution >= 4 is 43.0 Å². The van der Waals surface area contributed by atoms with E-state index in [1.807, 2.05) is 6.07 Å². The Morgan fingerprint density at radius 2 is 2.36 bits per heavy atom. The van der Waals surface area contributed by atoms with Crippen LogP contribution >= 0.6 is 27.3 Å². The van der Waals surface area contributed by atoms with Crippen LogP contribution < -0.4 is 10.5 Å². The van der Waals surface area contributed by atoms with E-state index in [1.54, 1.807) is 18.4 Å². The molecule has 4 heteroatoms. The molecule has 0 aliphatic rings. The van der Waals surface area contributed by atoms with E-state index in [9.17, 15) is 0 Å². The largest absolute Gasteiger partial charge is 0.494 e. The third-order valence-electron chi connectivity index (χ3n) is 2.15. The Kier molecular flexibility index (Phi) is 2.65. The predicted molar refractivity (Wildman–Crippen MR) is 65.4 cm³/mol. The maximum Gasteiger partial charge on any atom is 0.147 e. The van der Waals surface area contributed by atoms with Crippen LogP contribution in [-0.4, -0.2) is 7.11 Å². The van der Waals surface area contributed by atoms with E-state index in [4.69, 9.17) is 10.5 Å². The fraction of sp³-hybridized carbons (Fsp3) is 0.200. The number of benzene rings is 1. The first-order valence-corrected chi connectivity index (χ1v) is 6.16. The zero-order valence-electron chi connectivity index (χ0n) is 7.71. The maximum absolute atomic E-state index is 5.89. The molecule has 14 heavy (non-hydrogen) atoms. The molecule has 1 heterocycles. The quantitative estimate of drug-likeness (QED) is 0.671. The van der Waals surface area contributed by atoms with Gasteiger partial charge in [-0.25, -0.2) is 0 Å². The van der Waals surface area contributed by atoms with Crippen LogP contribution in [0.5, 0.6) is 5.75 Å². The number of thiophene rings is 1. The van der Waals surface area contributed by atoms with Crippen LogP contribution in [0.1, 0.15) is 5.56 Å². The van der Waals surface area contributed by atoms with Gasteiger partial charge in [0.2, 0.25) is 0 Å². The molecule has 1 aromatic heterocycles. The number of halogens is 1. The molecule has 0 aliphatic heterocycles. The number of rotatable bonds is 2. The van der Waals surface area contributed by atoms with Gasteiger partial charge in [-0.1, -0.05) is 15.9 Å². The molecule has 0 spiro atoms. The molecule has 0 unspecified atom stereocenters. The SMILES string of the molecule is COc1c(N)cc2ccsc2c1CBr. The Balaban J connectivity index is 2.82. The van der Waals surface area contributed by atoms with Gasteiger partial charge in [-0.3, -0.25) is 0 Å². The zero-order valence-corrected chi connectivity index (χ0v) is 10.1. The number of fused-ring (bicyclic) bond motifs is 1. The molecule has 2 nitrogen and oxygen atoms in total. The summed E-state index contributed by atoms with van der Waals surface area (Å²) in [7, 11) is 1.65. The Morgan fingerprint density at radius 3 is 3.00 bits per heavy atom. The normalized spacial score (nSPS) is 10.7. The molecule has 1 aromatic carbocycles. The summed E-state index contributed by atoms with van der Waals surface area (Å²) in [6.45, 7) is 0. The average molecular weight is 272 g/mol.